The van der Waals surface area contributed by atoms with E-state index in [0.29, 0.717) is 0 Å². The van der Waals surface area contributed by atoms with Crippen molar-refractivity contribution in [3.8, 4) is 0 Å². The normalized spacial score (nSPS) is 20.4. The average molecular weight is 309 g/mol. The van der Waals surface area contributed by atoms with Crippen molar-refractivity contribution in [1.29, 1.82) is 0 Å². The van der Waals surface area contributed by atoms with E-state index in [2.05, 4.69) is 5.32 Å². The second-order valence-electron chi connectivity index (χ2n) is 6.37. The van der Waals surface area contributed by atoms with Crippen molar-refractivity contribution < 1.29 is 19.2 Å². The molecular weight excluding hydrogens is 286 g/mol. The molecule has 0 aromatic rings. The molecule has 0 aromatic heterocycles. The van der Waals surface area contributed by atoms with Crippen molar-refractivity contribution in [1.82, 2.24) is 15.1 Å². The molecule has 0 unspecified atom stereocenters. The van der Waals surface area contributed by atoms with Crippen LogP contribution in [0.25, 0.3) is 0 Å². The third kappa shape index (κ3) is 3.28. The summed E-state index contributed by atoms with van der Waals surface area (Å²) >= 11 is 0. The first-order valence-corrected chi connectivity index (χ1v) is 7.67. The first-order valence-electron chi connectivity index (χ1n) is 7.67. The lowest BCUT2D eigenvalue weighted by atomic mass is 9.73. The Morgan fingerprint density at radius 3 is 2.41 bits per heavy atom. The minimum atomic E-state index is -0.574. The highest BCUT2D eigenvalue weighted by atomic mass is 16.2. The number of imide groups is 1. The maximum Gasteiger partial charge on any atom is 0.241 e. The van der Waals surface area contributed by atoms with Gasteiger partial charge in [-0.25, -0.2) is 0 Å². The Morgan fingerprint density at radius 1 is 1.18 bits per heavy atom. The molecular formula is C15H23N3O4. The molecule has 1 saturated carbocycles. The van der Waals surface area contributed by atoms with Crippen molar-refractivity contribution in [2.75, 3.05) is 27.2 Å². The van der Waals surface area contributed by atoms with E-state index in [4.69, 9.17) is 0 Å². The zero-order chi connectivity index (χ0) is 16.3. The zero-order valence-corrected chi connectivity index (χ0v) is 13.2. The molecule has 7 nitrogen and oxygen atoms in total. The fourth-order valence-electron chi connectivity index (χ4n) is 3.17. The van der Waals surface area contributed by atoms with Crippen molar-refractivity contribution in [2.24, 2.45) is 5.41 Å². The van der Waals surface area contributed by atoms with Crippen molar-refractivity contribution in [3.05, 3.63) is 0 Å². The van der Waals surface area contributed by atoms with Crippen molar-refractivity contribution in [3.63, 3.8) is 0 Å². The smallest absolute Gasteiger partial charge is 0.241 e. The highest BCUT2D eigenvalue weighted by molar-refractivity contribution is 6.08. The summed E-state index contributed by atoms with van der Waals surface area (Å²) in [7, 11) is 3.18. The summed E-state index contributed by atoms with van der Waals surface area (Å²) in [6, 6.07) is 0. The number of hydrogen-bond acceptors (Lipinski definition) is 4. The van der Waals surface area contributed by atoms with E-state index >= 15 is 0 Å². The molecule has 2 aliphatic rings. The van der Waals surface area contributed by atoms with Crippen LogP contribution in [-0.2, 0) is 19.2 Å². The Morgan fingerprint density at radius 2 is 1.82 bits per heavy atom. The second kappa shape index (κ2) is 6.46. The molecule has 0 bridgehead atoms. The molecule has 2 rings (SSSR count). The first-order chi connectivity index (χ1) is 10.4. The molecule has 22 heavy (non-hydrogen) atoms. The topological polar surface area (TPSA) is 86.8 Å². The molecule has 1 N–H and O–H groups in total. The standard InChI is InChI=1S/C15H23N3O4/c1-17(2)13(21)9-16-11(19)10-18-12(20)8-15(14(18)22)6-4-3-5-7-15/h3-10H2,1-2H3,(H,16,19). The first kappa shape index (κ1) is 16.5. The van der Waals surface area contributed by atoms with Gasteiger partial charge < -0.3 is 10.2 Å². The van der Waals surface area contributed by atoms with E-state index in [-0.39, 0.29) is 37.2 Å². The lowest BCUT2D eigenvalue weighted by molar-refractivity contribution is -0.145. The Hall–Kier alpha value is -1.92. The Balaban J connectivity index is 1.92. The number of likely N-dealkylation sites (N-methyl/N-ethyl adjacent to an activating group) is 1. The van der Waals surface area contributed by atoms with Gasteiger partial charge in [0.15, 0.2) is 0 Å². The van der Waals surface area contributed by atoms with Crippen molar-refractivity contribution >= 4 is 23.6 Å². The molecule has 1 saturated heterocycles. The van der Waals surface area contributed by atoms with Gasteiger partial charge in [-0.2, -0.15) is 0 Å². The number of nitrogens with one attached hydrogen (secondary N) is 1. The summed E-state index contributed by atoms with van der Waals surface area (Å²) in [5.74, 6) is -1.21. The van der Waals surface area contributed by atoms with Crippen LogP contribution in [0.4, 0.5) is 0 Å². The maximum absolute atomic E-state index is 12.5. The third-order valence-electron chi connectivity index (χ3n) is 4.54. The predicted molar refractivity (Wildman–Crippen MR) is 78.6 cm³/mol. The number of amides is 4. The number of carbonyl (C=O) groups is 4. The third-order valence-corrected chi connectivity index (χ3v) is 4.54. The number of hydrogen-bond donors (Lipinski definition) is 1. The van der Waals surface area contributed by atoms with E-state index in [0.717, 1.165) is 37.0 Å². The van der Waals surface area contributed by atoms with Crippen LogP contribution >= 0.6 is 0 Å². The fourth-order valence-corrected chi connectivity index (χ4v) is 3.17. The van der Waals surface area contributed by atoms with Crippen LogP contribution in [0.15, 0.2) is 0 Å². The summed E-state index contributed by atoms with van der Waals surface area (Å²) in [6.45, 7) is -0.423. The minimum Gasteiger partial charge on any atom is -0.347 e. The van der Waals surface area contributed by atoms with Crippen molar-refractivity contribution in [2.45, 2.75) is 38.5 Å². The monoisotopic (exact) mass is 309 g/mol. The lowest BCUT2D eigenvalue weighted by Gasteiger charge is -2.30. The molecule has 7 heteroatoms. The van der Waals surface area contributed by atoms with Gasteiger partial charge in [-0.15, -0.1) is 0 Å². The van der Waals surface area contributed by atoms with Gasteiger partial charge >= 0.3 is 0 Å². The largest absolute Gasteiger partial charge is 0.347 e. The summed E-state index contributed by atoms with van der Waals surface area (Å²) < 4.78 is 0. The number of likely N-dealkylation sites (tertiary alicyclic amines) is 1. The van der Waals surface area contributed by atoms with Crippen LogP contribution in [0.2, 0.25) is 0 Å². The molecule has 1 aliphatic heterocycles. The lowest BCUT2D eigenvalue weighted by Crippen LogP contribution is -2.45. The van der Waals surface area contributed by atoms with Crippen LogP contribution in [0.1, 0.15) is 38.5 Å². The van der Waals surface area contributed by atoms with Crippen LogP contribution < -0.4 is 5.32 Å². The number of rotatable bonds is 4. The molecule has 0 atom stereocenters. The van der Waals surface area contributed by atoms with Crippen LogP contribution in [0.3, 0.4) is 0 Å². The highest BCUT2D eigenvalue weighted by Gasteiger charge is 2.51. The molecule has 0 aromatic carbocycles. The molecule has 1 spiro atoms. The zero-order valence-electron chi connectivity index (χ0n) is 13.2. The minimum absolute atomic E-state index is 0.132. The van der Waals surface area contributed by atoms with Gasteiger partial charge in [-0.3, -0.25) is 24.1 Å². The predicted octanol–water partition coefficient (Wildman–Crippen LogP) is -0.0998. The molecule has 1 heterocycles. The summed E-state index contributed by atoms with van der Waals surface area (Å²) in [5.41, 5.74) is -0.574. The van der Waals surface area contributed by atoms with E-state index in [1.165, 1.54) is 4.90 Å². The Labute approximate surface area is 130 Å². The van der Waals surface area contributed by atoms with E-state index < -0.39 is 11.3 Å². The fraction of sp³-hybridized carbons (Fsp3) is 0.733. The summed E-state index contributed by atoms with van der Waals surface area (Å²) in [5, 5.41) is 2.45. The summed E-state index contributed by atoms with van der Waals surface area (Å²) in [4.78, 5) is 50.3. The van der Waals surface area contributed by atoms with E-state index in [1.807, 2.05) is 0 Å². The highest BCUT2D eigenvalue weighted by Crippen LogP contribution is 2.45. The summed E-state index contributed by atoms with van der Waals surface area (Å²) in [6.07, 6.45) is 4.68. The quantitative estimate of drug-likeness (QED) is 0.735. The number of carbonyl (C=O) groups excluding carboxylic acids is 4. The Kier molecular flexibility index (Phi) is 4.83. The maximum atomic E-state index is 12.5. The molecule has 1 aliphatic carbocycles. The van der Waals surface area contributed by atoms with Crippen LogP contribution in [0.5, 0.6) is 0 Å². The second-order valence-corrected chi connectivity index (χ2v) is 6.37. The SMILES string of the molecule is CN(C)C(=O)CNC(=O)CN1C(=O)CC2(CCCCC2)C1=O. The van der Waals surface area contributed by atoms with Gasteiger partial charge in [0.2, 0.25) is 23.6 Å². The molecule has 4 amide bonds. The van der Waals surface area contributed by atoms with E-state index in [1.54, 1.807) is 14.1 Å². The van der Waals surface area contributed by atoms with Crippen LogP contribution in [0, 0.1) is 5.41 Å². The van der Waals surface area contributed by atoms with Gasteiger partial charge in [0.25, 0.3) is 0 Å². The van der Waals surface area contributed by atoms with Gasteiger partial charge in [0, 0.05) is 20.5 Å². The molecule has 0 radical (unpaired) electrons. The molecule has 2 fully saturated rings. The number of nitrogens with zero attached hydrogens (tertiary/aromatic N) is 2. The average Bonchev–Trinajstić information content (AvgIpc) is 2.70. The Bertz CT molecular complexity index is 495. The van der Waals surface area contributed by atoms with Gasteiger partial charge in [-0.1, -0.05) is 19.3 Å². The van der Waals surface area contributed by atoms with Crippen LogP contribution in [-0.4, -0.2) is 60.6 Å². The van der Waals surface area contributed by atoms with Gasteiger partial charge in [-0.05, 0) is 12.8 Å². The van der Waals surface area contributed by atoms with E-state index in [9.17, 15) is 19.2 Å². The molecule has 122 valence electrons. The van der Waals surface area contributed by atoms with Gasteiger partial charge in [0.1, 0.15) is 6.54 Å². The van der Waals surface area contributed by atoms with Gasteiger partial charge in [0.05, 0.1) is 12.0 Å².